The lowest BCUT2D eigenvalue weighted by Crippen LogP contribution is -2.26. The fourth-order valence-corrected chi connectivity index (χ4v) is 3.30. The van der Waals surface area contributed by atoms with E-state index in [4.69, 9.17) is 14.6 Å². The molecule has 0 aliphatic carbocycles. The highest BCUT2D eigenvalue weighted by molar-refractivity contribution is 5.81. The summed E-state index contributed by atoms with van der Waals surface area (Å²) in [5.41, 5.74) is 0. The Kier molecular flexibility index (Phi) is 21.7. The van der Waals surface area contributed by atoms with Gasteiger partial charge < -0.3 is 14.6 Å². The van der Waals surface area contributed by atoms with E-state index in [2.05, 4.69) is 13.5 Å². The molecule has 0 spiro atoms. The van der Waals surface area contributed by atoms with Gasteiger partial charge >= 0.3 is 5.97 Å². The van der Waals surface area contributed by atoms with E-state index in [9.17, 15) is 4.79 Å². The first-order chi connectivity index (χ1) is 13.7. The molecule has 0 aromatic heterocycles. The normalized spacial score (nSPS) is 12.1. The van der Waals surface area contributed by atoms with Gasteiger partial charge in [0.05, 0.1) is 13.2 Å². The van der Waals surface area contributed by atoms with Crippen LogP contribution in [0.2, 0.25) is 0 Å². The van der Waals surface area contributed by atoms with Gasteiger partial charge in [0.25, 0.3) is 0 Å². The summed E-state index contributed by atoms with van der Waals surface area (Å²) in [5, 5.41) is 9.12. The molecule has 0 saturated carbocycles. The lowest BCUT2D eigenvalue weighted by molar-refractivity contribution is -0.148. The van der Waals surface area contributed by atoms with Crippen molar-refractivity contribution >= 4 is 5.97 Å². The number of rotatable bonds is 22. The Morgan fingerprint density at radius 3 is 1.64 bits per heavy atom. The molecule has 1 atom stereocenters. The number of hydrogen-bond donors (Lipinski definition) is 1. The van der Waals surface area contributed by atoms with Gasteiger partial charge in [-0.3, -0.25) is 0 Å². The first-order valence-corrected chi connectivity index (χ1v) is 11.8. The summed E-state index contributed by atoms with van der Waals surface area (Å²) in [6.07, 6.45) is 22.1. The predicted molar refractivity (Wildman–Crippen MR) is 118 cm³/mol. The predicted octanol–water partition coefficient (Wildman–Crippen LogP) is 6.35. The second-order valence-corrected chi connectivity index (χ2v) is 7.82. The molecular formula is C24H46O4. The summed E-state index contributed by atoms with van der Waals surface area (Å²) in [7, 11) is 0. The van der Waals surface area contributed by atoms with Gasteiger partial charge in [0, 0.05) is 12.7 Å². The number of aliphatic hydroxyl groups is 1. The van der Waals surface area contributed by atoms with Gasteiger partial charge in [0.1, 0.15) is 6.10 Å². The average molecular weight is 399 g/mol. The summed E-state index contributed by atoms with van der Waals surface area (Å²) in [5.74, 6) is -0.523. The van der Waals surface area contributed by atoms with E-state index in [1.165, 1.54) is 96.3 Å². The van der Waals surface area contributed by atoms with E-state index in [-0.39, 0.29) is 13.2 Å². The molecule has 0 rings (SSSR count). The zero-order valence-corrected chi connectivity index (χ0v) is 18.5. The minimum Gasteiger partial charge on any atom is -0.454 e. The van der Waals surface area contributed by atoms with Gasteiger partial charge in [-0.25, -0.2) is 4.79 Å². The fourth-order valence-electron chi connectivity index (χ4n) is 3.30. The number of carbonyl (C=O) groups is 1. The molecule has 1 N–H and O–H groups in total. The number of aliphatic hydroxyl groups excluding tert-OH is 1. The maximum absolute atomic E-state index is 11.1. The van der Waals surface area contributed by atoms with E-state index in [1.54, 1.807) is 0 Å². The van der Waals surface area contributed by atoms with Crippen LogP contribution in [0.5, 0.6) is 0 Å². The van der Waals surface area contributed by atoms with Gasteiger partial charge in [-0.1, -0.05) is 110 Å². The minimum absolute atomic E-state index is 0.224. The maximum atomic E-state index is 11.1. The van der Waals surface area contributed by atoms with E-state index in [0.717, 1.165) is 12.5 Å². The van der Waals surface area contributed by atoms with Crippen molar-refractivity contribution in [2.24, 2.45) is 0 Å². The number of ether oxygens (including phenoxy) is 2. The quantitative estimate of drug-likeness (QED) is 0.131. The zero-order chi connectivity index (χ0) is 20.7. The second-order valence-electron chi connectivity index (χ2n) is 7.82. The van der Waals surface area contributed by atoms with Crippen LogP contribution in [0.1, 0.15) is 110 Å². The highest BCUT2D eigenvalue weighted by atomic mass is 16.6. The highest BCUT2D eigenvalue weighted by Crippen LogP contribution is 2.13. The summed E-state index contributed by atoms with van der Waals surface area (Å²) in [4.78, 5) is 11.1. The van der Waals surface area contributed by atoms with E-state index in [1.807, 2.05) is 0 Å². The maximum Gasteiger partial charge on any atom is 0.330 e. The Bertz CT molecular complexity index is 343. The van der Waals surface area contributed by atoms with Crippen molar-refractivity contribution in [3.63, 3.8) is 0 Å². The molecule has 4 nitrogen and oxygen atoms in total. The Morgan fingerprint density at radius 2 is 1.25 bits per heavy atom. The summed E-state index contributed by atoms with van der Waals surface area (Å²) >= 11 is 0. The largest absolute Gasteiger partial charge is 0.454 e. The molecule has 0 aliphatic heterocycles. The number of carbonyl (C=O) groups excluding carboxylic acids is 1. The molecule has 28 heavy (non-hydrogen) atoms. The summed E-state index contributed by atoms with van der Waals surface area (Å²) in [6.45, 7) is 6.28. The van der Waals surface area contributed by atoms with Gasteiger partial charge in [-0.05, 0) is 6.42 Å². The Hall–Kier alpha value is -0.870. The van der Waals surface area contributed by atoms with Gasteiger partial charge in [-0.15, -0.1) is 0 Å². The Morgan fingerprint density at radius 1 is 0.821 bits per heavy atom. The van der Waals surface area contributed by atoms with Crippen molar-refractivity contribution in [1.29, 1.82) is 0 Å². The molecule has 0 bridgehead atoms. The molecule has 0 fully saturated rings. The molecule has 4 heteroatoms. The Labute approximate surface area is 174 Å². The van der Waals surface area contributed by atoms with Crippen LogP contribution in [0, 0.1) is 0 Å². The second kappa shape index (κ2) is 22.4. The smallest absolute Gasteiger partial charge is 0.330 e. The SMILES string of the molecule is C=CC(=O)O[C@H](CO)COCCCCCCCCCCCCCCCCCC. The van der Waals surface area contributed by atoms with E-state index in [0.29, 0.717) is 6.61 Å². The first-order valence-electron chi connectivity index (χ1n) is 11.8. The highest BCUT2D eigenvalue weighted by Gasteiger charge is 2.11. The molecule has 166 valence electrons. The Balaban J connectivity index is 3.19. The van der Waals surface area contributed by atoms with Crippen molar-refractivity contribution < 1.29 is 19.4 Å². The van der Waals surface area contributed by atoms with Crippen molar-refractivity contribution in [2.45, 2.75) is 116 Å². The molecule has 0 saturated heterocycles. The van der Waals surface area contributed by atoms with Crippen LogP contribution >= 0.6 is 0 Å². The van der Waals surface area contributed by atoms with Gasteiger partial charge in [0.15, 0.2) is 0 Å². The fraction of sp³-hybridized carbons (Fsp3) is 0.875. The van der Waals surface area contributed by atoms with Crippen molar-refractivity contribution in [3.05, 3.63) is 12.7 Å². The monoisotopic (exact) mass is 398 g/mol. The molecule has 0 aliphatic rings. The van der Waals surface area contributed by atoms with Crippen LogP contribution in [-0.4, -0.2) is 37.0 Å². The molecule has 0 aromatic rings. The van der Waals surface area contributed by atoms with E-state index >= 15 is 0 Å². The van der Waals surface area contributed by atoms with Gasteiger partial charge in [0.2, 0.25) is 0 Å². The van der Waals surface area contributed by atoms with Crippen LogP contribution in [0.25, 0.3) is 0 Å². The average Bonchev–Trinajstić information content (AvgIpc) is 2.71. The van der Waals surface area contributed by atoms with Crippen molar-refractivity contribution in [1.82, 2.24) is 0 Å². The van der Waals surface area contributed by atoms with Crippen LogP contribution < -0.4 is 0 Å². The number of esters is 1. The van der Waals surface area contributed by atoms with Crippen LogP contribution in [0.3, 0.4) is 0 Å². The molecule has 0 amide bonds. The third-order valence-corrected chi connectivity index (χ3v) is 5.10. The van der Waals surface area contributed by atoms with Crippen LogP contribution in [-0.2, 0) is 14.3 Å². The molecular weight excluding hydrogens is 352 g/mol. The third-order valence-electron chi connectivity index (χ3n) is 5.10. The molecule has 0 aromatic carbocycles. The minimum atomic E-state index is -0.591. The summed E-state index contributed by atoms with van der Waals surface area (Å²) in [6, 6.07) is 0. The number of unbranched alkanes of at least 4 members (excludes halogenated alkanes) is 15. The van der Waals surface area contributed by atoms with Crippen LogP contribution in [0.4, 0.5) is 0 Å². The molecule has 0 heterocycles. The third kappa shape index (κ3) is 19.9. The van der Waals surface area contributed by atoms with E-state index < -0.39 is 12.1 Å². The topological polar surface area (TPSA) is 55.8 Å². The van der Waals surface area contributed by atoms with Crippen molar-refractivity contribution in [2.75, 3.05) is 19.8 Å². The number of hydrogen-bond acceptors (Lipinski definition) is 4. The molecule has 0 unspecified atom stereocenters. The summed E-state index contributed by atoms with van der Waals surface area (Å²) < 4.78 is 10.4. The molecule has 0 radical (unpaired) electrons. The first kappa shape index (κ1) is 27.1. The van der Waals surface area contributed by atoms with Gasteiger partial charge in [-0.2, -0.15) is 0 Å². The lowest BCUT2D eigenvalue weighted by atomic mass is 10.0. The lowest BCUT2D eigenvalue weighted by Gasteiger charge is -2.14. The standard InChI is InChI=1S/C24H46O4/c1-3-5-6-7-8-9-10-11-12-13-14-15-16-17-18-19-20-27-22-23(21-25)28-24(26)4-2/h4,23,25H,2-3,5-22H2,1H3/t23-/m1/s1. The zero-order valence-electron chi connectivity index (χ0n) is 18.5. The van der Waals surface area contributed by atoms with Crippen molar-refractivity contribution in [3.8, 4) is 0 Å². The van der Waals surface area contributed by atoms with Crippen LogP contribution in [0.15, 0.2) is 12.7 Å².